The van der Waals surface area contributed by atoms with E-state index in [-0.39, 0.29) is 5.82 Å². The van der Waals surface area contributed by atoms with Gasteiger partial charge in [0.25, 0.3) is 0 Å². The Morgan fingerprint density at radius 1 is 0.950 bits per heavy atom. The number of fused-ring (bicyclic) bond motifs is 1. The van der Waals surface area contributed by atoms with E-state index in [4.69, 9.17) is 0 Å². The summed E-state index contributed by atoms with van der Waals surface area (Å²) in [5.41, 5.74) is 5.75. The number of rotatable bonds is 2. The van der Waals surface area contributed by atoms with Crippen molar-refractivity contribution in [2.45, 2.75) is 20.3 Å². The van der Waals surface area contributed by atoms with Crippen LogP contribution in [0.25, 0.3) is 10.9 Å². The Kier molecular flexibility index (Phi) is 3.23. The van der Waals surface area contributed by atoms with Crippen molar-refractivity contribution in [3.8, 4) is 0 Å². The molecule has 0 bridgehead atoms. The minimum absolute atomic E-state index is 0.197. The number of hydrogen-bond donors (Lipinski definition) is 0. The lowest BCUT2D eigenvalue weighted by Gasteiger charge is -2.07. The van der Waals surface area contributed by atoms with Gasteiger partial charge in [-0.2, -0.15) is 0 Å². The molecule has 1 aromatic heterocycles. The van der Waals surface area contributed by atoms with Crippen LogP contribution in [0.15, 0.2) is 48.7 Å². The number of hydrogen-bond acceptors (Lipinski definition) is 1. The maximum absolute atomic E-state index is 12.9. The molecule has 0 N–H and O–H groups in total. The van der Waals surface area contributed by atoms with Crippen molar-refractivity contribution in [3.63, 3.8) is 0 Å². The zero-order valence-corrected chi connectivity index (χ0v) is 11.7. The van der Waals surface area contributed by atoms with Crippen molar-refractivity contribution in [1.82, 2.24) is 4.98 Å². The first-order valence-electron chi connectivity index (χ1n) is 6.72. The van der Waals surface area contributed by atoms with E-state index in [0.717, 1.165) is 23.1 Å². The zero-order valence-electron chi connectivity index (χ0n) is 11.7. The Morgan fingerprint density at radius 3 is 2.45 bits per heavy atom. The van der Waals surface area contributed by atoms with E-state index < -0.39 is 0 Å². The van der Waals surface area contributed by atoms with E-state index in [1.165, 1.54) is 28.6 Å². The van der Waals surface area contributed by atoms with Crippen LogP contribution in [0.3, 0.4) is 0 Å². The summed E-state index contributed by atoms with van der Waals surface area (Å²) in [5, 5.41) is 1.19. The average molecular weight is 265 g/mol. The highest BCUT2D eigenvalue weighted by molar-refractivity contribution is 5.83. The van der Waals surface area contributed by atoms with Crippen molar-refractivity contribution in [2.75, 3.05) is 0 Å². The molecule has 0 radical (unpaired) electrons. The number of aryl methyl sites for hydroxylation is 2. The van der Waals surface area contributed by atoms with Crippen LogP contribution in [-0.2, 0) is 6.42 Å². The highest BCUT2D eigenvalue weighted by atomic mass is 19.1. The van der Waals surface area contributed by atoms with Crippen molar-refractivity contribution in [2.24, 2.45) is 0 Å². The van der Waals surface area contributed by atoms with E-state index in [2.05, 4.69) is 37.0 Å². The summed E-state index contributed by atoms with van der Waals surface area (Å²) < 4.78 is 12.9. The molecule has 0 amide bonds. The van der Waals surface area contributed by atoms with E-state index in [1.807, 2.05) is 18.3 Å². The predicted octanol–water partition coefficient (Wildman–Crippen LogP) is 4.58. The van der Waals surface area contributed by atoms with Crippen molar-refractivity contribution >= 4 is 10.9 Å². The molecule has 3 rings (SSSR count). The normalized spacial score (nSPS) is 10.9. The molecule has 0 aliphatic carbocycles. The highest BCUT2D eigenvalue weighted by Gasteiger charge is 2.03. The standard InChI is InChI=1S/C18H16FN/c1-12-7-13(2)17-10-15(11-20-18(17)8-12)9-14-3-5-16(19)6-4-14/h3-8,10-11H,9H2,1-2H3. The van der Waals surface area contributed by atoms with Gasteiger partial charge in [-0.05, 0) is 66.8 Å². The van der Waals surface area contributed by atoms with Gasteiger partial charge >= 0.3 is 0 Å². The minimum Gasteiger partial charge on any atom is -0.256 e. The maximum Gasteiger partial charge on any atom is 0.123 e. The molecule has 1 nitrogen and oxygen atoms in total. The number of halogens is 1. The van der Waals surface area contributed by atoms with Gasteiger partial charge < -0.3 is 0 Å². The first-order valence-corrected chi connectivity index (χ1v) is 6.72. The fourth-order valence-electron chi connectivity index (χ4n) is 2.56. The van der Waals surface area contributed by atoms with Gasteiger partial charge in [-0.1, -0.05) is 18.2 Å². The van der Waals surface area contributed by atoms with Crippen molar-refractivity contribution in [1.29, 1.82) is 0 Å². The summed E-state index contributed by atoms with van der Waals surface area (Å²) in [5.74, 6) is -0.197. The quantitative estimate of drug-likeness (QED) is 0.661. The molecule has 0 fully saturated rings. The summed E-state index contributed by atoms with van der Waals surface area (Å²) in [6, 6.07) is 13.1. The monoisotopic (exact) mass is 265 g/mol. The Bertz CT molecular complexity index is 760. The molecular formula is C18H16FN. The molecule has 3 aromatic rings. The van der Waals surface area contributed by atoms with Crippen LogP contribution in [0.4, 0.5) is 4.39 Å². The molecular weight excluding hydrogens is 249 g/mol. The van der Waals surface area contributed by atoms with Gasteiger partial charge in [0.05, 0.1) is 5.52 Å². The Balaban J connectivity index is 1.98. The molecule has 2 aromatic carbocycles. The van der Waals surface area contributed by atoms with Crippen LogP contribution < -0.4 is 0 Å². The van der Waals surface area contributed by atoms with Gasteiger partial charge in [0.1, 0.15) is 5.82 Å². The number of aromatic nitrogens is 1. The lowest BCUT2D eigenvalue weighted by atomic mass is 10.0. The lowest BCUT2D eigenvalue weighted by Crippen LogP contribution is -1.92. The molecule has 1 heterocycles. The third-order valence-corrected chi connectivity index (χ3v) is 3.53. The van der Waals surface area contributed by atoms with E-state index >= 15 is 0 Å². The average Bonchev–Trinajstić information content (AvgIpc) is 2.42. The SMILES string of the molecule is Cc1cc(C)c2cc(Cc3ccc(F)cc3)cnc2c1. The van der Waals surface area contributed by atoms with Crippen LogP contribution >= 0.6 is 0 Å². The fraction of sp³-hybridized carbons (Fsp3) is 0.167. The third kappa shape index (κ3) is 2.55. The fourth-order valence-corrected chi connectivity index (χ4v) is 2.56. The van der Waals surface area contributed by atoms with Gasteiger partial charge in [0.15, 0.2) is 0 Å². The third-order valence-electron chi connectivity index (χ3n) is 3.53. The molecule has 2 heteroatoms. The predicted molar refractivity (Wildman–Crippen MR) is 80.4 cm³/mol. The number of pyridine rings is 1. The van der Waals surface area contributed by atoms with Crippen LogP contribution in [-0.4, -0.2) is 4.98 Å². The Morgan fingerprint density at radius 2 is 1.70 bits per heavy atom. The van der Waals surface area contributed by atoms with E-state index in [1.54, 1.807) is 0 Å². The van der Waals surface area contributed by atoms with Gasteiger partial charge in [-0.25, -0.2) is 4.39 Å². The largest absolute Gasteiger partial charge is 0.256 e. The molecule has 100 valence electrons. The lowest BCUT2D eigenvalue weighted by molar-refractivity contribution is 0.627. The van der Waals surface area contributed by atoms with Crippen LogP contribution in [0.5, 0.6) is 0 Å². The second kappa shape index (κ2) is 5.04. The van der Waals surface area contributed by atoms with Crippen LogP contribution in [0.1, 0.15) is 22.3 Å². The summed E-state index contributed by atoms with van der Waals surface area (Å²) in [6.07, 6.45) is 2.68. The van der Waals surface area contributed by atoms with Crippen molar-refractivity contribution in [3.05, 3.63) is 76.7 Å². The first-order chi connectivity index (χ1) is 9.61. The summed E-state index contributed by atoms with van der Waals surface area (Å²) in [4.78, 5) is 4.54. The van der Waals surface area contributed by atoms with Gasteiger partial charge in [-0.15, -0.1) is 0 Å². The first kappa shape index (κ1) is 12.8. The summed E-state index contributed by atoms with van der Waals surface area (Å²) in [6.45, 7) is 4.19. The van der Waals surface area contributed by atoms with Crippen LogP contribution in [0, 0.1) is 19.7 Å². The zero-order chi connectivity index (χ0) is 14.1. The van der Waals surface area contributed by atoms with Gasteiger partial charge in [-0.3, -0.25) is 4.98 Å². The second-order valence-corrected chi connectivity index (χ2v) is 5.30. The maximum atomic E-state index is 12.9. The molecule has 0 unspecified atom stereocenters. The van der Waals surface area contributed by atoms with Gasteiger partial charge in [0.2, 0.25) is 0 Å². The molecule has 0 spiro atoms. The molecule has 0 atom stereocenters. The van der Waals surface area contributed by atoms with Crippen molar-refractivity contribution < 1.29 is 4.39 Å². The molecule has 0 saturated carbocycles. The smallest absolute Gasteiger partial charge is 0.123 e. The molecule has 20 heavy (non-hydrogen) atoms. The Labute approximate surface area is 118 Å². The molecule has 0 aliphatic rings. The van der Waals surface area contributed by atoms with Gasteiger partial charge in [0, 0.05) is 11.6 Å². The summed E-state index contributed by atoms with van der Waals surface area (Å²) >= 11 is 0. The second-order valence-electron chi connectivity index (χ2n) is 5.30. The van der Waals surface area contributed by atoms with E-state index in [9.17, 15) is 4.39 Å². The number of nitrogens with zero attached hydrogens (tertiary/aromatic N) is 1. The topological polar surface area (TPSA) is 12.9 Å². The molecule has 0 saturated heterocycles. The highest BCUT2D eigenvalue weighted by Crippen LogP contribution is 2.21. The van der Waals surface area contributed by atoms with Crippen LogP contribution in [0.2, 0.25) is 0 Å². The van der Waals surface area contributed by atoms with E-state index in [0.29, 0.717) is 0 Å². The summed E-state index contributed by atoms with van der Waals surface area (Å²) in [7, 11) is 0. The molecule has 0 aliphatic heterocycles. The minimum atomic E-state index is -0.197. The number of benzene rings is 2. The Hall–Kier alpha value is -2.22.